The normalized spacial score (nSPS) is 11.3. The number of rotatable bonds is 4. The van der Waals surface area contributed by atoms with Gasteiger partial charge in [-0.15, -0.1) is 0 Å². The molecular weight excluding hydrogens is 320 g/mol. The van der Waals surface area contributed by atoms with E-state index >= 15 is 0 Å². The second kappa shape index (κ2) is 6.33. The summed E-state index contributed by atoms with van der Waals surface area (Å²) in [5, 5.41) is 4.15. The molecule has 0 aliphatic rings. The fourth-order valence-corrected chi connectivity index (χ4v) is 3.02. The molecular formula is C15H16N2O5S. The van der Waals surface area contributed by atoms with Crippen molar-refractivity contribution in [1.82, 2.24) is 9.78 Å². The van der Waals surface area contributed by atoms with Gasteiger partial charge in [0.25, 0.3) is 5.56 Å². The van der Waals surface area contributed by atoms with Gasteiger partial charge >= 0.3 is 5.97 Å². The Bertz CT molecular complexity index is 916. The summed E-state index contributed by atoms with van der Waals surface area (Å²) in [5.41, 5.74) is 0.509. The lowest BCUT2D eigenvalue weighted by Crippen LogP contribution is -2.21. The third kappa shape index (κ3) is 3.48. The Balaban J connectivity index is 2.72. The summed E-state index contributed by atoms with van der Waals surface area (Å²) in [5.74, 6) is -0.632. The highest BCUT2D eigenvalue weighted by Gasteiger charge is 2.19. The van der Waals surface area contributed by atoms with Gasteiger partial charge in [-0.05, 0) is 25.1 Å². The number of hydrogen-bond acceptors (Lipinski definition) is 6. The van der Waals surface area contributed by atoms with Crippen LogP contribution >= 0.6 is 0 Å². The van der Waals surface area contributed by atoms with Crippen LogP contribution in [0.4, 0.5) is 0 Å². The first kappa shape index (κ1) is 16.9. The highest BCUT2D eigenvalue weighted by Crippen LogP contribution is 2.26. The topological polar surface area (TPSA) is 95.3 Å². The van der Waals surface area contributed by atoms with Crippen molar-refractivity contribution in [3.05, 3.63) is 46.2 Å². The number of aromatic nitrogens is 2. The van der Waals surface area contributed by atoms with Crippen molar-refractivity contribution in [2.24, 2.45) is 0 Å². The Morgan fingerprint density at radius 1 is 1.26 bits per heavy atom. The predicted molar refractivity (Wildman–Crippen MR) is 84.1 cm³/mol. The average Bonchev–Trinajstić information content (AvgIpc) is 2.53. The van der Waals surface area contributed by atoms with Crippen LogP contribution in [0.3, 0.4) is 0 Å². The van der Waals surface area contributed by atoms with E-state index in [1.54, 1.807) is 6.92 Å². The van der Waals surface area contributed by atoms with Gasteiger partial charge < -0.3 is 4.74 Å². The predicted octanol–water partition coefficient (Wildman–Crippen LogP) is 1.12. The molecule has 7 nitrogen and oxygen atoms in total. The largest absolute Gasteiger partial charge is 0.465 e. The molecule has 0 N–H and O–H groups in total. The lowest BCUT2D eigenvalue weighted by Gasteiger charge is -2.10. The summed E-state index contributed by atoms with van der Waals surface area (Å²) in [6.07, 6.45) is 1.04. The zero-order valence-corrected chi connectivity index (χ0v) is 13.8. The molecule has 0 radical (unpaired) electrons. The zero-order valence-electron chi connectivity index (χ0n) is 12.9. The van der Waals surface area contributed by atoms with E-state index in [-0.39, 0.29) is 16.0 Å². The second-order valence-corrected chi connectivity index (χ2v) is 6.83. The number of sulfone groups is 1. The molecule has 8 heteroatoms. The van der Waals surface area contributed by atoms with E-state index in [1.807, 2.05) is 0 Å². The van der Waals surface area contributed by atoms with E-state index in [4.69, 9.17) is 0 Å². The Morgan fingerprint density at radius 2 is 1.96 bits per heavy atom. The molecule has 0 saturated heterocycles. The number of nitrogens with zero attached hydrogens (tertiary/aromatic N) is 2. The second-order valence-electron chi connectivity index (χ2n) is 4.85. The first-order valence-electron chi connectivity index (χ1n) is 6.79. The fraction of sp³-hybridized carbons (Fsp3) is 0.267. The standard InChI is InChI=1S/C15H16N2O5S/c1-4-17-14(18)8-7-12(16-17)11-6-5-10(15(19)22-2)9-13(11)23(3,20)21/h5-9H,4H2,1-3H3. The van der Waals surface area contributed by atoms with Gasteiger partial charge in [-0.3, -0.25) is 4.79 Å². The molecule has 2 aromatic rings. The fourth-order valence-electron chi connectivity index (χ4n) is 2.10. The van der Waals surface area contributed by atoms with Crippen LogP contribution in [-0.4, -0.2) is 37.5 Å². The maximum Gasteiger partial charge on any atom is 0.337 e. The van der Waals surface area contributed by atoms with E-state index in [2.05, 4.69) is 9.84 Å². The molecule has 0 unspecified atom stereocenters. The Hall–Kier alpha value is -2.48. The van der Waals surface area contributed by atoms with Crippen LogP contribution in [0.25, 0.3) is 11.3 Å². The third-order valence-corrected chi connectivity index (χ3v) is 4.38. The van der Waals surface area contributed by atoms with Crippen LogP contribution in [0.2, 0.25) is 0 Å². The Labute approximate surface area is 133 Å². The van der Waals surface area contributed by atoms with Crippen LogP contribution in [0, 0.1) is 0 Å². The quantitative estimate of drug-likeness (QED) is 0.777. The van der Waals surface area contributed by atoms with Crippen molar-refractivity contribution in [1.29, 1.82) is 0 Å². The molecule has 122 valence electrons. The van der Waals surface area contributed by atoms with E-state index in [0.717, 1.165) is 6.26 Å². The number of methoxy groups -OCH3 is 1. The molecule has 2 rings (SSSR count). The maximum atomic E-state index is 12.1. The summed E-state index contributed by atoms with van der Waals surface area (Å²) < 4.78 is 30.0. The summed E-state index contributed by atoms with van der Waals surface area (Å²) >= 11 is 0. The monoisotopic (exact) mass is 336 g/mol. The van der Waals surface area contributed by atoms with Crippen LogP contribution < -0.4 is 5.56 Å². The van der Waals surface area contributed by atoms with Gasteiger partial charge in [0.05, 0.1) is 23.3 Å². The van der Waals surface area contributed by atoms with Crippen molar-refractivity contribution in [3.8, 4) is 11.3 Å². The number of ether oxygens (including phenoxy) is 1. The van der Waals surface area contributed by atoms with E-state index in [1.165, 1.54) is 42.1 Å². The van der Waals surface area contributed by atoms with Crippen molar-refractivity contribution < 1.29 is 17.9 Å². The molecule has 0 fully saturated rings. The highest BCUT2D eigenvalue weighted by molar-refractivity contribution is 7.90. The van der Waals surface area contributed by atoms with Gasteiger partial charge in [-0.25, -0.2) is 17.9 Å². The highest BCUT2D eigenvalue weighted by atomic mass is 32.2. The summed E-state index contributed by atoms with van der Waals surface area (Å²) in [4.78, 5) is 23.2. The van der Waals surface area contributed by atoms with Gasteiger partial charge in [-0.2, -0.15) is 5.10 Å². The van der Waals surface area contributed by atoms with Gasteiger partial charge in [0, 0.05) is 24.4 Å². The van der Waals surface area contributed by atoms with Crippen molar-refractivity contribution >= 4 is 15.8 Å². The number of carbonyl (C=O) groups excluding carboxylic acids is 1. The van der Waals surface area contributed by atoms with Gasteiger partial charge in [0.2, 0.25) is 0 Å². The molecule has 0 atom stereocenters. The van der Waals surface area contributed by atoms with Gasteiger partial charge in [-0.1, -0.05) is 6.07 Å². The number of benzene rings is 1. The lowest BCUT2D eigenvalue weighted by molar-refractivity contribution is 0.0600. The maximum absolute atomic E-state index is 12.1. The van der Waals surface area contributed by atoms with Crippen molar-refractivity contribution in [2.45, 2.75) is 18.4 Å². The number of hydrogen-bond donors (Lipinski definition) is 0. The molecule has 0 aliphatic carbocycles. The van der Waals surface area contributed by atoms with Crippen LogP contribution in [-0.2, 0) is 21.1 Å². The molecule has 0 spiro atoms. The summed E-state index contributed by atoms with van der Waals surface area (Å²) in [7, 11) is -2.39. The first-order valence-corrected chi connectivity index (χ1v) is 8.68. The molecule has 0 bridgehead atoms. The van der Waals surface area contributed by atoms with Crippen LogP contribution in [0.1, 0.15) is 17.3 Å². The zero-order chi connectivity index (χ0) is 17.2. The van der Waals surface area contributed by atoms with Crippen molar-refractivity contribution in [2.75, 3.05) is 13.4 Å². The van der Waals surface area contributed by atoms with Gasteiger partial charge in [0.1, 0.15) is 0 Å². The number of esters is 1. The van der Waals surface area contributed by atoms with Crippen LogP contribution in [0.15, 0.2) is 40.0 Å². The smallest absolute Gasteiger partial charge is 0.337 e. The molecule has 1 aromatic heterocycles. The van der Waals surface area contributed by atoms with E-state index < -0.39 is 15.8 Å². The SMILES string of the molecule is CCn1nc(-c2ccc(C(=O)OC)cc2S(C)(=O)=O)ccc1=O. The van der Waals surface area contributed by atoms with E-state index in [0.29, 0.717) is 17.8 Å². The molecule has 0 amide bonds. The minimum Gasteiger partial charge on any atom is -0.465 e. The van der Waals surface area contributed by atoms with Crippen molar-refractivity contribution in [3.63, 3.8) is 0 Å². The minimum atomic E-state index is -3.61. The number of aryl methyl sites for hydroxylation is 1. The Morgan fingerprint density at radius 3 is 2.52 bits per heavy atom. The molecule has 23 heavy (non-hydrogen) atoms. The van der Waals surface area contributed by atoms with Gasteiger partial charge in [0.15, 0.2) is 9.84 Å². The Kier molecular flexibility index (Phi) is 4.65. The number of carbonyl (C=O) groups is 1. The molecule has 1 heterocycles. The molecule has 1 aromatic carbocycles. The lowest BCUT2D eigenvalue weighted by atomic mass is 10.1. The average molecular weight is 336 g/mol. The molecule has 0 aliphatic heterocycles. The summed E-state index contributed by atoms with van der Waals surface area (Å²) in [6, 6.07) is 6.97. The molecule has 0 saturated carbocycles. The first-order chi connectivity index (χ1) is 10.8. The minimum absolute atomic E-state index is 0.0470. The van der Waals surface area contributed by atoms with Crippen LogP contribution in [0.5, 0.6) is 0 Å². The van der Waals surface area contributed by atoms with E-state index in [9.17, 15) is 18.0 Å². The summed E-state index contributed by atoms with van der Waals surface area (Å²) in [6.45, 7) is 2.12. The third-order valence-electron chi connectivity index (χ3n) is 3.24.